The molecule has 0 aromatic heterocycles. The molecule has 1 aliphatic rings. The molecule has 1 saturated heterocycles. The summed E-state index contributed by atoms with van der Waals surface area (Å²) in [6.07, 6.45) is 4.88. The largest absolute Gasteiger partial charge is 0.490 e. The van der Waals surface area contributed by atoms with Crippen molar-refractivity contribution >= 4 is 23.8 Å². The van der Waals surface area contributed by atoms with E-state index in [0.717, 1.165) is 31.5 Å². The number of piperidine rings is 1. The van der Waals surface area contributed by atoms with Crippen LogP contribution in [0.5, 0.6) is 11.5 Å². The SMILES string of the molecule is CCOc1cc(C=NNc2ccc(C(=O)O)cc2)ccc1OCC(=O)N1CCCCC1. The third kappa shape index (κ3) is 6.47. The number of nitrogens with one attached hydrogen (secondary N) is 1. The standard InChI is InChI=1S/C23H27N3O5/c1-2-30-21-14-17(15-24-25-19-9-7-18(8-10-19)23(28)29)6-11-20(21)31-16-22(27)26-12-4-3-5-13-26/h6-11,14-15,25H,2-5,12-13,16H2,1H3,(H,28,29). The predicted octanol–water partition coefficient (Wildman–Crippen LogP) is 3.62. The molecule has 2 aromatic rings. The summed E-state index contributed by atoms with van der Waals surface area (Å²) < 4.78 is 11.4. The van der Waals surface area contributed by atoms with E-state index >= 15 is 0 Å². The van der Waals surface area contributed by atoms with Gasteiger partial charge in [0.1, 0.15) is 0 Å². The summed E-state index contributed by atoms with van der Waals surface area (Å²) >= 11 is 0. The molecular weight excluding hydrogens is 398 g/mol. The van der Waals surface area contributed by atoms with Gasteiger partial charge >= 0.3 is 5.97 Å². The Morgan fingerprint density at radius 2 is 1.81 bits per heavy atom. The molecule has 0 unspecified atom stereocenters. The van der Waals surface area contributed by atoms with Crippen molar-refractivity contribution in [1.82, 2.24) is 4.90 Å². The Morgan fingerprint density at radius 1 is 1.06 bits per heavy atom. The van der Waals surface area contributed by atoms with E-state index in [-0.39, 0.29) is 18.1 Å². The van der Waals surface area contributed by atoms with Gasteiger partial charge in [0, 0.05) is 13.1 Å². The van der Waals surface area contributed by atoms with Gasteiger partial charge in [-0.25, -0.2) is 4.79 Å². The van der Waals surface area contributed by atoms with Crippen molar-refractivity contribution in [1.29, 1.82) is 0 Å². The molecule has 0 saturated carbocycles. The highest BCUT2D eigenvalue weighted by Crippen LogP contribution is 2.28. The van der Waals surface area contributed by atoms with Gasteiger partial charge in [-0.3, -0.25) is 10.2 Å². The van der Waals surface area contributed by atoms with Gasteiger partial charge in [0.2, 0.25) is 0 Å². The molecule has 2 N–H and O–H groups in total. The van der Waals surface area contributed by atoms with Crippen LogP contribution < -0.4 is 14.9 Å². The number of aromatic carboxylic acids is 1. The lowest BCUT2D eigenvalue weighted by molar-refractivity contribution is -0.134. The number of ether oxygens (including phenoxy) is 2. The van der Waals surface area contributed by atoms with Gasteiger partial charge in [0.15, 0.2) is 18.1 Å². The van der Waals surface area contributed by atoms with Crippen LogP contribution in [0.3, 0.4) is 0 Å². The Hall–Kier alpha value is -3.55. The fourth-order valence-corrected chi connectivity index (χ4v) is 3.24. The van der Waals surface area contributed by atoms with Crippen molar-refractivity contribution in [2.45, 2.75) is 26.2 Å². The second-order valence-electron chi connectivity index (χ2n) is 7.12. The monoisotopic (exact) mass is 425 g/mol. The minimum atomic E-state index is -0.974. The Balaban J connectivity index is 1.60. The summed E-state index contributed by atoms with van der Waals surface area (Å²) in [5.74, 6) is 0.0784. The molecule has 0 atom stereocenters. The van der Waals surface area contributed by atoms with E-state index in [1.165, 1.54) is 18.6 Å². The number of benzene rings is 2. The number of likely N-dealkylation sites (tertiary alicyclic amines) is 1. The third-order valence-electron chi connectivity index (χ3n) is 4.87. The van der Waals surface area contributed by atoms with E-state index in [1.807, 2.05) is 17.9 Å². The number of rotatable bonds is 9. The van der Waals surface area contributed by atoms with Gasteiger partial charge < -0.3 is 19.5 Å². The van der Waals surface area contributed by atoms with E-state index in [4.69, 9.17) is 14.6 Å². The zero-order chi connectivity index (χ0) is 22.1. The van der Waals surface area contributed by atoms with Gasteiger partial charge in [-0.15, -0.1) is 0 Å². The highest BCUT2D eigenvalue weighted by atomic mass is 16.5. The Labute approximate surface area is 181 Å². The molecule has 3 rings (SSSR count). The second-order valence-corrected chi connectivity index (χ2v) is 7.12. The number of nitrogens with zero attached hydrogens (tertiary/aromatic N) is 2. The van der Waals surface area contributed by atoms with Gasteiger partial charge in [-0.1, -0.05) is 0 Å². The van der Waals surface area contributed by atoms with Gasteiger partial charge in [0.25, 0.3) is 5.91 Å². The summed E-state index contributed by atoms with van der Waals surface area (Å²) in [5, 5.41) is 13.1. The van der Waals surface area contributed by atoms with Crippen molar-refractivity contribution in [3.63, 3.8) is 0 Å². The van der Waals surface area contributed by atoms with Crippen LogP contribution in [0.1, 0.15) is 42.1 Å². The summed E-state index contributed by atoms with van der Waals surface area (Å²) in [6, 6.07) is 11.7. The van der Waals surface area contributed by atoms with Crippen LogP contribution in [0.15, 0.2) is 47.6 Å². The highest BCUT2D eigenvalue weighted by Gasteiger charge is 2.17. The first-order valence-electron chi connectivity index (χ1n) is 10.4. The van der Waals surface area contributed by atoms with Crippen LogP contribution in [0.25, 0.3) is 0 Å². The van der Waals surface area contributed by atoms with Crippen LogP contribution >= 0.6 is 0 Å². The van der Waals surface area contributed by atoms with Gasteiger partial charge in [0.05, 0.1) is 24.1 Å². The minimum absolute atomic E-state index is 0.00842. The van der Waals surface area contributed by atoms with E-state index in [2.05, 4.69) is 10.5 Å². The molecule has 0 radical (unpaired) electrons. The Morgan fingerprint density at radius 3 is 2.48 bits per heavy atom. The summed E-state index contributed by atoms with van der Waals surface area (Å²) in [6.45, 7) is 3.92. The average molecular weight is 425 g/mol. The molecule has 0 spiro atoms. The van der Waals surface area contributed by atoms with Crippen LogP contribution in [0.2, 0.25) is 0 Å². The lowest BCUT2D eigenvalue weighted by Crippen LogP contribution is -2.38. The normalized spacial score (nSPS) is 13.8. The van der Waals surface area contributed by atoms with Gasteiger partial charge in [-0.05, 0) is 74.2 Å². The van der Waals surface area contributed by atoms with E-state index in [9.17, 15) is 9.59 Å². The van der Waals surface area contributed by atoms with Crippen molar-refractivity contribution in [2.24, 2.45) is 5.10 Å². The zero-order valence-corrected chi connectivity index (χ0v) is 17.5. The van der Waals surface area contributed by atoms with Gasteiger partial charge in [-0.2, -0.15) is 5.10 Å². The molecule has 8 nitrogen and oxygen atoms in total. The Bertz CT molecular complexity index is 921. The number of carbonyl (C=O) groups excluding carboxylic acids is 1. The molecule has 1 fully saturated rings. The third-order valence-corrected chi connectivity index (χ3v) is 4.87. The first kappa shape index (κ1) is 22.1. The van der Waals surface area contributed by atoms with Crippen LogP contribution in [-0.4, -0.2) is 54.4 Å². The zero-order valence-electron chi connectivity index (χ0n) is 17.5. The molecule has 31 heavy (non-hydrogen) atoms. The average Bonchev–Trinajstić information content (AvgIpc) is 2.79. The number of carboxylic acids is 1. The molecule has 1 heterocycles. The molecule has 0 aliphatic carbocycles. The van der Waals surface area contributed by atoms with Crippen LogP contribution in [-0.2, 0) is 4.79 Å². The number of amides is 1. The lowest BCUT2D eigenvalue weighted by atomic mass is 10.1. The number of carbonyl (C=O) groups is 2. The van der Waals surface area contributed by atoms with Crippen LogP contribution in [0, 0.1) is 0 Å². The van der Waals surface area contributed by atoms with Crippen molar-refractivity contribution in [3.05, 3.63) is 53.6 Å². The highest BCUT2D eigenvalue weighted by molar-refractivity contribution is 5.88. The van der Waals surface area contributed by atoms with Crippen LogP contribution in [0.4, 0.5) is 5.69 Å². The Kier molecular flexibility index (Phi) is 7.86. The molecule has 2 aromatic carbocycles. The number of anilines is 1. The van der Waals surface area contributed by atoms with Crippen molar-refractivity contribution in [2.75, 3.05) is 31.7 Å². The summed E-state index contributed by atoms with van der Waals surface area (Å²) in [7, 11) is 0. The summed E-state index contributed by atoms with van der Waals surface area (Å²) in [5.41, 5.74) is 4.52. The van der Waals surface area contributed by atoms with E-state index < -0.39 is 5.97 Å². The van der Waals surface area contributed by atoms with E-state index in [0.29, 0.717) is 23.8 Å². The molecule has 8 heteroatoms. The smallest absolute Gasteiger partial charge is 0.335 e. The minimum Gasteiger partial charge on any atom is -0.490 e. The number of hydrogen-bond donors (Lipinski definition) is 2. The maximum Gasteiger partial charge on any atom is 0.335 e. The molecular formula is C23H27N3O5. The quantitative estimate of drug-likeness (QED) is 0.470. The number of carboxylic acid groups (broad SMARTS) is 1. The lowest BCUT2D eigenvalue weighted by Gasteiger charge is -2.26. The first-order chi connectivity index (χ1) is 15.1. The number of hydrogen-bond acceptors (Lipinski definition) is 6. The fraction of sp³-hybridized carbons (Fsp3) is 0.348. The maximum atomic E-state index is 12.3. The summed E-state index contributed by atoms with van der Waals surface area (Å²) in [4.78, 5) is 25.1. The first-order valence-corrected chi connectivity index (χ1v) is 10.4. The van der Waals surface area contributed by atoms with Crippen molar-refractivity contribution in [3.8, 4) is 11.5 Å². The maximum absolute atomic E-state index is 12.3. The molecule has 0 bridgehead atoms. The topological polar surface area (TPSA) is 100 Å². The molecule has 1 amide bonds. The molecule has 1 aliphatic heterocycles. The predicted molar refractivity (Wildman–Crippen MR) is 118 cm³/mol. The molecule has 164 valence electrons. The number of hydrazone groups is 1. The fourth-order valence-electron chi connectivity index (χ4n) is 3.24. The van der Waals surface area contributed by atoms with Crippen molar-refractivity contribution < 1.29 is 24.2 Å². The van der Waals surface area contributed by atoms with E-state index in [1.54, 1.807) is 30.5 Å². The second kappa shape index (κ2) is 11.0.